The van der Waals surface area contributed by atoms with E-state index < -0.39 is 23.8 Å². The Bertz CT molecular complexity index is 638. The number of urea groups is 1. The Morgan fingerprint density at radius 2 is 2.04 bits per heavy atom. The van der Waals surface area contributed by atoms with Crippen LogP contribution in [0.3, 0.4) is 0 Å². The van der Waals surface area contributed by atoms with Crippen molar-refractivity contribution in [2.75, 3.05) is 13.1 Å². The summed E-state index contributed by atoms with van der Waals surface area (Å²) in [5, 5.41) is 2.75. The molecule has 0 aliphatic carbocycles. The molecule has 2 rings (SSSR count). The molecule has 1 aliphatic rings. The number of hydrogen-bond acceptors (Lipinski definition) is 2. The molecule has 1 aromatic carbocycles. The minimum absolute atomic E-state index is 0.113. The van der Waals surface area contributed by atoms with Crippen LogP contribution in [0.1, 0.15) is 32.4 Å². The second kappa shape index (κ2) is 7.08. The first-order valence-corrected chi connectivity index (χ1v) is 7.86. The molecule has 1 aliphatic heterocycles. The summed E-state index contributed by atoms with van der Waals surface area (Å²) < 4.78 is 14.3. The fourth-order valence-electron chi connectivity index (χ4n) is 2.82. The quantitative estimate of drug-likeness (QED) is 0.915. The molecule has 0 spiro atoms. The first kappa shape index (κ1) is 17.4. The van der Waals surface area contributed by atoms with E-state index in [0.29, 0.717) is 18.8 Å². The van der Waals surface area contributed by atoms with E-state index in [0.717, 1.165) is 0 Å². The fraction of sp³-hybridized carbons (Fsp3) is 0.438. The van der Waals surface area contributed by atoms with Gasteiger partial charge in [-0.15, -0.1) is 0 Å². The topological polar surface area (TPSA) is 61.8 Å². The smallest absolute Gasteiger partial charge is 0.341 e. The lowest BCUT2D eigenvalue weighted by molar-refractivity contribution is -0.133. The van der Waals surface area contributed by atoms with Crippen molar-refractivity contribution >= 4 is 29.3 Å². The minimum atomic E-state index is -0.873. The average Bonchev–Trinajstić information content (AvgIpc) is 2.47. The Kier molecular flexibility index (Phi) is 5.36. The Morgan fingerprint density at radius 1 is 1.39 bits per heavy atom. The summed E-state index contributed by atoms with van der Waals surface area (Å²) in [6, 6.07) is 2.80. The van der Waals surface area contributed by atoms with Gasteiger partial charge < -0.3 is 10.2 Å². The van der Waals surface area contributed by atoms with Crippen LogP contribution in [0.25, 0.3) is 0 Å². The number of rotatable bonds is 4. The number of carbonyl (C=O) groups is 2. The fourth-order valence-corrected chi connectivity index (χ4v) is 3.10. The van der Waals surface area contributed by atoms with Gasteiger partial charge in [-0.05, 0) is 32.9 Å². The van der Waals surface area contributed by atoms with Gasteiger partial charge in [-0.25, -0.2) is 14.2 Å². The number of nitrogens with one attached hydrogen (secondary N) is 1. The maximum Gasteiger partial charge on any atom is 0.341 e. The molecule has 23 heavy (non-hydrogen) atoms. The van der Waals surface area contributed by atoms with Crippen LogP contribution in [0.5, 0.6) is 0 Å². The van der Waals surface area contributed by atoms with Crippen LogP contribution in [0.2, 0.25) is 5.02 Å². The van der Waals surface area contributed by atoms with Crippen LogP contribution >= 0.6 is 11.6 Å². The van der Waals surface area contributed by atoms with Gasteiger partial charge in [0, 0.05) is 29.4 Å². The number of halogens is 2. The van der Waals surface area contributed by atoms with Gasteiger partial charge in [0.05, 0.1) is 6.04 Å². The highest BCUT2D eigenvalue weighted by molar-refractivity contribution is 6.31. The number of aliphatic imine (C=N–C) groups is 1. The normalized spacial score (nSPS) is 20.7. The van der Waals surface area contributed by atoms with Gasteiger partial charge in [0.2, 0.25) is 5.91 Å². The van der Waals surface area contributed by atoms with E-state index in [2.05, 4.69) is 10.3 Å². The molecule has 124 valence electrons. The van der Waals surface area contributed by atoms with Gasteiger partial charge in [-0.2, -0.15) is 0 Å². The third kappa shape index (κ3) is 3.37. The van der Waals surface area contributed by atoms with Crippen molar-refractivity contribution in [3.63, 3.8) is 0 Å². The minimum Gasteiger partial charge on any atom is -0.343 e. The third-order valence-corrected chi connectivity index (χ3v) is 4.32. The molecular formula is C16H19ClFN3O2. The van der Waals surface area contributed by atoms with Crippen LogP contribution in [-0.2, 0) is 4.79 Å². The highest BCUT2D eigenvalue weighted by Crippen LogP contribution is 2.34. The number of nitrogens with zero attached hydrogens (tertiary/aromatic N) is 2. The van der Waals surface area contributed by atoms with E-state index in [1.165, 1.54) is 18.2 Å². The van der Waals surface area contributed by atoms with Crippen LogP contribution in [0, 0.1) is 11.7 Å². The van der Waals surface area contributed by atoms with E-state index in [1.54, 1.807) is 11.8 Å². The summed E-state index contributed by atoms with van der Waals surface area (Å²) in [7, 11) is 0. The molecule has 5 nitrogen and oxygen atoms in total. The molecule has 0 saturated heterocycles. The summed E-state index contributed by atoms with van der Waals surface area (Å²) in [5.74, 6) is -1.54. The number of carbonyl (C=O) groups excluding carboxylic acids is 2. The van der Waals surface area contributed by atoms with Crippen LogP contribution in [0.4, 0.5) is 9.18 Å². The first-order chi connectivity index (χ1) is 10.9. The van der Waals surface area contributed by atoms with Gasteiger partial charge in [-0.1, -0.05) is 17.7 Å². The summed E-state index contributed by atoms with van der Waals surface area (Å²) >= 11 is 6.12. The maximum atomic E-state index is 14.3. The second-order valence-corrected chi connectivity index (χ2v) is 5.71. The standard InChI is InChI=1S/C16H19ClFN3O2/c1-4-21(5-2)15(22)12-9(3)19-16(23)20-14(12)13-10(17)7-6-8-11(13)18/h6-8,12,14H,4-5H2,1-3H3,(H,20,23). The molecule has 0 radical (unpaired) electrons. The van der Waals surface area contributed by atoms with Crippen LogP contribution < -0.4 is 5.32 Å². The number of amides is 3. The zero-order valence-electron chi connectivity index (χ0n) is 13.3. The number of hydrogen-bond donors (Lipinski definition) is 1. The van der Waals surface area contributed by atoms with Crippen molar-refractivity contribution in [1.82, 2.24) is 10.2 Å². The van der Waals surface area contributed by atoms with Gasteiger partial charge in [0.1, 0.15) is 11.7 Å². The molecule has 0 fully saturated rings. The van der Waals surface area contributed by atoms with Gasteiger partial charge in [0.15, 0.2) is 0 Å². The summed E-state index contributed by atoms with van der Waals surface area (Å²) in [4.78, 5) is 30.0. The molecule has 0 bridgehead atoms. The monoisotopic (exact) mass is 339 g/mol. The lowest BCUT2D eigenvalue weighted by atomic mass is 9.86. The van der Waals surface area contributed by atoms with Gasteiger partial charge in [0.25, 0.3) is 0 Å². The molecule has 7 heteroatoms. The van der Waals surface area contributed by atoms with Crippen molar-refractivity contribution in [2.45, 2.75) is 26.8 Å². The maximum absolute atomic E-state index is 14.3. The predicted octanol–water partition coefficient (Wildman–Crippen LogP) is 3.19. The van der Waals surface area contributed by atoms with Gasteiger partial charge in [-0.3, -0.25) is 4.79 Å². The Balaban J connectivity index is 2.53. The summed E-state index contributed by atoms with van der Waals surface area (Å²) in [6.45, 7) is 6.36. The van der Waals surface area contributed by atoms with E-state index in [1.807, 2.05) is 13.8 Å². The van der Waals surface area contributed by atoms with Crippen molar-refractivity contribution in [2.24, 2.45) is 10.9 Å². The SMILES string of the molecule is CCN(CC)C(=O)C1C(C)=NC(=O)NC1c1c(F)cccc1Cl. The molecule has 1 aromatic rings. The lowest BCUT2D eigenvalue weighted by Gasteiger charge is -2.34. The van der Waals surface area contributed by atoms with Crippen molar-refractivity contribution in [3.8, 4) is 0 Å². The van der Waals surface area contributed by atoms with Crippen molar-refractivity contribution in [1.29, 1.82) is 0 Å². The van der Waals surface area contributed by atoms with E-state index in [-0.39, 0.29) is 16.5 Å². The van der Waals surface area contributed by atoms with E-state index >= 15 is 0 Å². The molecule has 1 heterocycles. The molecule has 0 aromatic heterocycles. The summed E-state index contributed by atoms with van der Waals surface area (Å²) in [6.07, 6.45) is 0. The Labute approximate surface area is 139 Å². The largest absolute Gasteiger partial charge is 0.343 e. The van der Waals surface area contributed by atoms with Crippen LogP contribution in [-0.4, -0.2) is 35.6 Å². The highest BCUT2D eigenvalue weighted by Gasteiger charge is 2.40. The van der Waals surface area contributed by atoms with Gasteiger partial charge >= 0.3 is 6.03 Å². The summed E-state index contributed by atoms with van der Waals surface area (Å²) in [5.41, 5.74) is 0.470. The zero-order chi connectivity index (χ0) is 17.1. The molecule has 1 N–H and O–H groups in total. The Morgan fingerprint density at radius 3 is 2.61 bits per heavy atom. The molecule has 3 amide bonds. The lowest BCUT2D eigenvalue weighted by Crippen LogP contribution is -2.49. The van der Waals surface area contributed by atoms with E-state index in [4.69, 9.17) is 11.6 Å². The first-order valence-electron chi connectivity index (χ1n) is 7.49. The van der Waals surface area contributed by atoms with Crippen LogP contribution in [0.15, 0.2) is 23.2 Å². The predicted molar refractivity (Wildman–Crippen MR) is 87.2 cm³/mol. The average molecular weight is 340 g/mol. The zero-order valence-corrected chi connectivity index (χ0v) is 14.0. The molecule has 0 saturated carbocycles. The van der Waals surface area contributed by atoms with Crippen molar-refractivity contribution < 1.29 is 14.0 Å². The second-order valence-electron chi connectivity index (χ2n) is 5.30. The number of benzene rings is 1. The molecule has 2 atom stereocenters. The third-order valence-electron chi connectivity index (χ3n) is 3.99. The molecular weight excluding hydrogens is 321 g/mol. The van der Waals surface area contributed by atoms with E-state index in [9.17, 15) is 14.0 Å². The Hall–Kier alpha value is -1.95. The van der Waals surface area contributed by atoms with Crippen molar-refractivity contribution in [3.05, 3.63) is 34.6 Å². The molecule has 2 unspecified atom stereocenters. The highest BCUT2D eigenvalue weighted by atomic mass is 35.5.